The van der Waals surface area contributed by atoms with E-state index in [-0.39, 0.29) is 0 Å². The lowest BCUT2D eigenvalue weighted by atomic mass is 10.2. The fourth-order valence-electron chi connectivity index (χ4n) is 1.85. The zero-order chi connectivity index (χ0) is 14.2. The number of aliphatic hydroxyl groups excluding tert-OH is 1. The van der Waals surface area contributed by atoms with Gasteiger partial charge in [0.2, 0.25) is 10.0 Å². The highest BCUT2D eigenvalue weighted by atomic mass is 32.2. The van der Waals surface area contributed by atoms with Crippen molar-refractivity contribution in [1.29, 1.82) is 0 Å². The lowest BCUT2D eigenvalue weighted by Gasteiger charge is -2.18. The van der Waals surface area contributed by atoms with Crippen molar-refractivity contribution in [1.82, 2.24) is 4.31 Å². The molecule has 0 unspecified atom stereocenters. The van der Waals surface area contributed by atoms with Gasteiger partial charge in [-0.1, -0.05) is 0 Å². The number of aliphatic hydroxyl groups is 1. The SMILES string of the molecule is CN(CC1CC1)S(=O)(=O)c1ccc(F)c(CO)c1F. The molecule has 1 aliphatic carbocycles. The van der Waals surface area contributed by atoms with Crippen molar-refractivity contribution in [2.24, 2.45) is 5.92 Å². The van der Waals surface area contributed by atoms with Crippen LogP contribution in [0.2, 0.25) is 0 Å². The standard InChI is InChI=1S/C12H15F2NO3S/c1-15(6-8-2-3-8)19(17,18)11-5-4-10(13)9(7-16)12(11)14/h4-5,8,16H,2-3,6-7H2,1H3. The first-order chi connectivity index (χ1) is 8.87. The predicted octanol–water partition coefficient (Wildman–Crippen LogP) is 1.49. The number of halogens is 2. The van der Waals surface area contributed by atoms with Gasteiger partial charge in [0, 0.05) is 13.6 Å². The van der Waals surface area contributed by atoms with E-state index in [4.69, 9.17) is 5.11 Å². The van der Waals surface area contributed by atoms with Gasteiger partial charge >= 0.3 is 0 Å². The molecule has 106 valence electrons. The Kier molecular flexibility index (Phi) is 3.89. The van der Waals surface area contributed by atoms with Crippen LogP contribution in [0.4, 0.5) is 8.78 Å². The van der Waals surface area contributed by atoms with Crippen LogP contribution in [0.5, 0.6) is 0 Å². The number of nitrogens with zero attached hydrogens (tertiary/aromatic N) is 1. The Bertz CT molecular complexity index is 585. The van der Waals surface area contributed by atoms with Gasteiger partial charge in [0.1, 0.15) is 10.7 Å². The van der Waals surface area contributed by atoms with Crippen molar-refractivity contribution in [2.45, 2.75) is 24.3 Å². The van der Waals surface area contributed by atoms with Crippen LogP contribution in [0, 0.1) is 17.6 Å². The second kappa shape index (κ2) is 5.15. The molecule has 1 fully saturated rings. The smallest absolute Gasteiger partial charge is 0.245 e. The van der Waals surface area contributed by atoms with Crippen LogP contribution < -0.4 is 0 Å². The van der Waals surface area contributed by atoms with E-state index in [2.05, 4.69) is 0 Å². The molecule has 1 aromatic carbocycles. The number of hydrogen-bond donors (Lipinski definition) is 1. The third kappa shape index (κ3) is 2.77. The summed E-state index contributed by atoms with van der Waals surface area (Å²) in [5.74, 6) is -1.85. The molecule has 19 heavy (non-hydrogen) atoms. The second-order valence-electron chi connectivity index (χ2n) is 4.73. The minimum absolute atomic E-state index is 0.320. The molecule has 0 radical (unpaired) electrons. The Morgan fingerprint density at radius 2 is 2.00 bits per heavy atom. The van der Waals surface area contributed by atoms with E-state index in [0.717, 1.165) is 29.3 Å². The number of rotatable bonds is 5. The van der Waals surface area contributed by atoms with E-state index in [1.165, 1.54) is 7.05 Å². The summed E-state index contributed by atoms with van der Waals surface area (Å²) < 4.78 is 52.6. The molecule has 0 atom stereocenters. The maximum Gasteiger partial charge on any atom is 0.245 e. The Hall–Kier alpha value is -1.05. The van der Waals surface area contributed by atoms with Crippen LogP contribution in [0.1, 0.15) is 18.4 Å². The van der Waals surface area contributed by atoms with Crippen LogP contribution >= 0.6 is 0 Å². The molecule has 2 rings (SSSR count). The average Bonchev–Trinajstić information content (AvgIpc) is 3.13. The average molecular weight is 291 g/mol. The van der Waals surface area contributed by atoms with Crippen LogP contribution in [0.25, 0.3) is 0 Å². The first-order valence-electron chi connectivity index (χ1n) is 5.92. The van der Waals surface area contributed by atoms with E-state index in [1.54, 1.807) is 0 Å². The van der Waals surface area contributed by atoms with Crippen molar-refractivity contribution >= 4 is 10.0 Å². The molecule has 1 saturated carbocycles. The van der Waals surface area contributed by atoms with E-state index >= 15 is 0 Å². The summed E-state index contributed by atoms with van der Waals surface area (Å²) in [6, 6.07) is 1.75. The first-order valence-corrected chi connectivity index (χ1v) is 7.36. The third-order valence-corrected chi connectivity index (χ3v) is 5.05. The molecule has 4 nitrogen and oxygen atoms in total. The van der Waals surface area contributed by atoms with E-state index < -0.39 is 38.7 Å². The molecular formula is C12H15F2NO3S. The molecule has 0 saturated heterocycles. The maximum atomic E-state index is 13.9. The van der Waals surface area contributed by atoms with E-state index in [0.29, 0.717) is 12.5 Å². The highest BCUT2D eigenvalue weighted by molar-refractivity contribution is 7.89. The number of benzene rings is 1. The molecule has 1 aromatic rings. The summed E-state index contributed by atoms with van der Waals surface area (Å²) in [6.45, 7) is -0.555. The third-order valence-electron chi connectivity index (χ3n) is 3.21. The van der Waals surface area contributed by atoms with Gasteiger partial charge in [0.25, 0.3) is 0 Å². The van der Waals surface area contributed by atoms with Crippen LogP contribution in [-0.4, -0.2) is 31.4 Å². The Labute approximate surface area is 110 Å². The summed E-state index contributed by atoms with van der Waals surface area (Å²) in [6.07, 6.45) is 1.93. The van der Waals surface area contributed by atoms with Crippen molar-refractivity contribution < 1.29 is 22.3 Å². The zero-order valence-corrected chi connectivity index (χ0v) is 11.3. The minimum Gasteiger partial charge on any atom is -0.391 e. The fraction of sp³-hybridized carbons (Fsp3) is 0.500. The fourth-order valence-corrected chi connectivity index (χ4v) is 3.18. The van der Waals surface area contributed by atoms with Gasteiger partial charge in [-0.15, -0.1) is 0 Å². The summed E-state index contributed by atoms with van der Waals surface area (Å²) in [5, 5.41) is 8.90. The molecule has 7 heteroatoms. The first kappa shape index (κ1) is 14.4. The van der Waals surface area contributed by atoms with Gasteiger partial charge < -0.3 is 5.11 Å². The van der Waals surface area contributed by atoms with Gasteiger partial charge in [-0.25, -0.2) is 21.5 Å². The molecule has 0 amide bonds. The van der Waals surface area contributed by atoms with Crippen LogP contribution in [-0.2, 0) is 16.6 Å². The number of sulfonamides is 1. The van der Waals surface area contributed by atoms with Crippen molar-refractivity contribution in [3.05, 3.63) is 29.3 Å². The van der Waals surface area contributed by atoms with Gasteiger partial charge in [-0.2, -0.15) is 0 Å². The molecule has 1 aliphatic rings. The van der Waals surface area contributed by atoms with Gasteiger partial charge in [-0.05, 0) is 30.9 Å². The molecule has 0 aliphatic heterocycles. The minimum atomic E-state index is -3.99. The lowest BCUT2D eigenvalue weighted by Crippen LogP contribution is -2.30. The van der Waals surface area contributed by atoms with Crippen molar-refractivity contribution in [3.8, 4) is 0 Å². The summed E-state index contributed by atoms with van der Waals surface area (Å²) in [5.41, 5.74) is -0.624. The van der Waals surface area contributed by atoms with Crippen molar-refractivity contribution in [2.75, 3.05) is 13.6 Å². The summed E-state index contributed by atoms with van der Waals surface area (Å²) in [7, 11) is -2.62. The van der Waals surface area contributed by atoms with Crippen LogP contribution in [0.15, 0.2) is 17.0 Å². The normalized spacial score (nSPS) is 16.1. The Morgan fingerprint density at radius 3 is 2.53 bits per heavy atom. The zero-order valence-electron chi connectivity index (χ0n) is 10.4. The maximum absolute atomic E-state index is 13.9. The summed E-state index contributed by atoms with van der Waals surface area (Å²) >= 11 is 0. The Morgan fingerprint density at radius 1 is 1.37 bits per heavy atom. The Balaban J connectivity index is 2.39. The van der Waals surface area contributed by atoms with Gasteiger partial charge in [0.05, 0.1) is 12.2 Å². The molecular weight excluding hydrogens is 276 g/mol. The highest BCUT2D eigenvalue weighted by Gasteiger charge is 2.31. The quantitative estimate of drug-likeness (QED) is 0.894. The predicted molar refractivity (Wildman–Crippen MR) is 64.8 cm³/mol. The molecule has 0 spiro atoms. The monoisotopic (exact) mass is 291 g/mol. The van der Waals surface area contributed by atoms with E-state index in [9.17, 15) is 17.2 Å². The van der Waals surface area contributed by atoms with Gasteiger partial charge in [0.15, 0.2) is 5.82 Å². The number of hydrogen-bond acceptors (Lipinski definition) is 3. The van der Waals surface area contributed by atoms with Crippen LogP contribution in [0.3, 0.4) is 0 Å². The molecule has 1 N–H and O–H groups in total. The molecule has 0 heterocycles. The molecule has 0 bridgehead atoms. The molecule has 0 aromatic heterocycles. The van der Waals surface area contributed by atoms with Crippen molar-refractivity contribution in [3.63, 3.8) is 0 Å². The lowest BCUT2D eigenvalue weighted by molar-refractivity contribution is 0.267. The second-order valence-corrected chi connectivity index (χ2v) is 6.74. The van der Waals surface area contributed by atoms with E-state index in [1.807, 2.05) is 0 Å². The highest BCUT2D eigenvalue weighted by Crippen LogP contribution is 2.31. The van der Waals surface area contributed by atoms with Gasteiger partial charge in [-0.3, -0.25) is 0 Å². The topological polar surface area (TPSA) is 57.6 Å². The summed E-state index contributed by atoms with van der Waals surface area (Å²) in [4.78, 5) is -0.596. The largest absolute Gasteiger partial charge is 0.391 e.